The fourth-order valence-corrected chi connectivity index (χ4v) is 2.88. The molecule has 1 heterocycles. The van der Waals surface area contributed by atoms with Crippen molar-refractivity contribution in [1.29, 1.82) is 0 Å². The van der Waals surface area contributed by atoms with Gasteiger partial charge in [-0.3, -0.25) is 4.79 Å². The van der Waals surface area contributed by atoms with Crippen molar-refractivity contribution in [1.82, 2.24) is 0 Å². The molecule has 3 rings (SSSR count). The average Bonchev–Trinajstić information content (AvgIpc) is 2.60. The van der Waals surface area contributed by atoms with E-state index in [9.17, 15) is 22.8 Å². The quantitative estimate of drug-likeness (QED) is 0.808. The number of ether oxygens (including phenoxy) is 1. The number of Topliss-reactive ketones (excluding diaryl/α,β-unsaturated/α-hetero) is 1. The van der Waals surface area contributed by atoms with E-state index in [1.807, 2.05) is 18.2 Å². The van der Waals surface area contributed by atoms with Crippen LogP contribution in [0, 0.1) is 0 Å². The summed E-state index contributed by atoms with van der Waals surface area (Å²) in [6.07, 6.45) is 1.31. The van der Waals surface area contributed by atoms with Crippen LogP contribution in [0.25, 0.3) is 6.08 Å². The Kier molecular flexibility index (Phi) is 4.71. The fraction of sp³-hybridized carbons (Fsp3) is 0.263. The molecule has 1 atom stereocenters. The van der Waals surface area contributed by atoms with Crippen LogP contribution in [0.1, 0.15) is 35.2 Å². The van der Waals surface area contributed by atoms with E-state index in [1.54, 1.807) is 0 Å². The van der Waals surface area contributed by atoms with E-state index in [0.717, 1.165) is 24.5 Å². The first-order valence-electron chi connectivity index (χ1n) is 7.97. The first-order valence-corrected chi connectivity index (χ1v) is 7.97. The van der Waals surface area contributed by atoms with Gasteiger partial charge in [-0.1, -0.05) is 18.2 Å². The number of ketones is 1. The molecule has 0 fully saturated rings. The van der Waals surface area contributed by atoms with Gasteiger partial charge in [0.1, 0.15) is 5.75 Å². The van der Waals surface area contributed by atoms with Crippen LogP contribution >= 0.6 is 0 Å². The third-order valence-electron chi connectivity index (χ3n) is 4.15. The number of fused-ring (bicyclic) bond motifs is 1. The largest absolute Gasteiger partial charge is 0.478 e. The molecule has 0 saturated heterocycles. The van der Waals surface area contributed by atoms with Crippen LogP contribution in [-0.4, -0.2) is 29.1 Å². The Morgan fingerprint density at radius 2 is 2.00 bits per heavy atom. The molecule has 1 aliphatic carbocycles. The molecule has 1 aromatic carbocycles. The fourth-order valence-electron chi connectivity index (χ4n) is 2.88. The lowest BCUT2D eigenvalue weighted by atomic mass is 9.95. The number of benzene rings is 1. The van der Waals surface area contributed by atoms with Crippen LogP contribution < -0.4 is 4.74 Å². The van der Waals surface area contributed by atoms with Crippen molar-refractivity contribution >= 4 is 17.8 Å². The highest BCUT2D eigenvalue weighted by Gasteiger charge is 2.48. The molecular weight excluding hydrogens is 349 g/mol. The number of hydrogen-bond acceptors (Lipinski definition) is 3. The molecule has 26 heavy (non-hydrogen) atoms. The molecule has 1 aliphatic heterocycles. The summed E-state index contributed by atoms with van der Waals surface area (Å²) in [6, 6.07) is 4.02. The average molecular weight is 364 g/mol. The van der Waals surface area contributed by atoms with Crippen molar-refractivity contribution in [2.75, 3.05) is 0 Å². The monoisotopic (exact) mass is 364 g/mol. The Morgan fingerprint density at radius 3 is 2.62 bits per heavy atom. The Balaban J connectivity index is 1.89. The van der Waals surface area contributed by atoms with Gasteiger partial charge in [0.15, 0.2) is 5.78 Å². The lowest BCUT2D eigenvalue weighted by molar-refractivity contribution is -0.187. The highest BCUT2D eigenvalue weighted by molar-refractivity contribution is 6.00. The Bertz CT molecular complexity index is 847. The second-order valence-corrected chi connectivity index (χ2v) is 6.06. The van der Waals surface area contributed by atoms with E-state index in [2.05, 4.69) is 0 Å². The minimum Gasteiger partial charge on any atom is -0.478 e. The number of carboxylic acid groups (broad SMARTS) is 1. The molecule has 0 amide bonds. The lowest BCUT2D eigenvalue weighted by Gasteiger charge is -2.27. The zero-order chi connectivity index (χ0) is 18.9. The minimum atomic E-state index is -4.85. The standard InChI is InChI=1S/C19H15F3O4/c20-19(21,22)17-14(18(24)25)10-13-9-12(6-7-16(13)26-17)15(23)8-11-4-2-1-3-5-11/h2,4-7,9-10,17H,1,3,8H2,(H,24,25). The second-order valence-electron chi connectivity index (χ2n) is 6.06. The molecule has 0 bridgehead atoms. The molecule has 0 aromatic heterocycles. The number of allylic oxidation sites excluding steroid dienone is 4. The number of halogens is 3. The summed E-state index contributed by atoms with van der Waals surface area (Å²) in [6.45, 7) is 0. The third kappa shape index (κ3) is 3.71. The molecule has 0 saturated carbocycles. The van der Waals surface area contributed by atoms with E-state index >= 15 is 0 Å². The predicted octanol–water partition coefficient (Wildman–Crippen LogP) is 4.33. The van der Waals surface area contributed by atoms with E-state index in [0.29, 0.717) is 5.56 Å². The van der Waals surface area contributed by atoms with Crippen molar-refractivity contribution in [2.24, 2.45) is 0 Å². The molecule has 2 aliphatic rings. The van der Waals surface area contributed by atoms with Crippen molar-refractivity contribution in [2.45, 2.75) is 31.5 Å². The predicted molar refractivity (Wildman–Crippen MR) is 87.9 cm³/mol. The molecule has 0 radical (unpaired) electrons. The molecule has 4 nitrogen and oxygen atoms in total. The summed E-state index contributed by atoms with van der Waals surface area (Å²) in [5.41, 5.74) is 0.405. The zero-order valence-corrected chi connectivity index (χ0v) is 13.5. The Hall–Kier alpha value is -2.83. The van der Waals surface area contributed by atoms with Gasteiger partial charge in [-0.25, -0.2) is 4.79 Å². The maximum atomic E-state index is 13.0. The Morgan fingerprint density at radius 1 is 1.23 bits per heavy atom. The molecule has 7 heteroatoms. The van der Waals surface area contributed by atoms with E-state index in [4.69, 9.17) is 9.84 Å². The number of carbonyl (C=O) groups excluding carboxylic acids is 1. The lowest BCUT2D eigenvalue weighted by Crippen LogP contribution is -2.40. The smallest absolute Gasteiger partial charge is 0.430 e. The maximum absolute atomic E-state index is 13.0. The van der Waals surface area contributed by atoms with Crippen molar-refractivity contribution in [3.8, 4) is 5.75 Å². The van der Waals surface area contributed by atoms with Crippen LogP contribution in [0.4, 0.5) is 13.2 Å². The van der Waals surface area contributed by atoms with Gasteiger partial charge < -0.3 is 9.84 Å². The van der Waals surface area contributed by atoms with Gasteiger partial charge in [0.05, 0.1) is 5.57 Å². The number of alkyl halides is 3. The van der Waals surface area contributed by atoms with Gasteiger partial charge in [-0.05, 0) is 42.7 Å². The van der Waals surface area contributed by atoms with Crippen LogP contribution in [-0.2, 0) is 4.79 Å². The molecule has 136 valence electrons. The SMILES string of the molecule is O=C(O)C1=Cc2cc(C(=O)CC3=CCCC=C3)ccc2OC1C(F)(F)F. The molecule has 0 spiro atoms. The van der Waals surface area contributed by atoms with Crippen molar-refractivity contribution in [3.05, 3.63) is 58.7 Å². The summed E-state index contributed by atoms with van der Waals surface area (Å²) in [5, 5.41) is 9.06. The number of aliphatic carboxylic acids is 1. The van der Waals surface area contributed by atoms with Gasteiger partial charge in [0.2, 0.25) is 6.10 Å². The van der Waals surface area contributed by atoms with Gasteiger partial charge >= 0.3 is 12.1 Å². The zero-order valence-electron chi connectivity index (χ0n) is 13.5. The van der Waals surface area contributed by atoms with Crippen LogP contribution in [0.2, 0.25) is 0 Å². The van der Waals surface area contributed by atoms with Gasteiger partial charge in [-0.2, -0.15) is 13.2 Å². The van der Waals surface area contributed by atoms with Crippen LogP contribution in [0.5, 0.6) is 5.75 Å². The van der Waals surface area contributed by atoms with E-state index in [-0.39, 0.29) is 23.5 Å². The van der Waals surface area contributed by atoms with Gasteiger partial charge in [0.25, 0.3) is 0 Å². The van der Waals surface area contributed by atoms with Crippen molar-refractivity contribution < 1.29 is 32.6 Å². The molecule has 1 aromatic rings. The highest BCUT2D eigenvalue weighted by Crippen LogP contribution is 2.37. The number of rotatable bonds is 4. The maximum Gasteiger partial charge on any atom is 0.430 e. The van der Waals surface area contributed by atoms with Crippen LogP contribution in [0.15, 0.2) is 47.6 Å². The summed E-state index contributed by atoms with van der Waals surface area (Å²) >= 11 is 0. The summed E-state index contributed by atoms with van der Waals surface area (Å²) in [4.78, 5) is 23.6. The highest BCUT2D eigenvalue weighted by atomic mass is 19.4. The Labute approximate surface area is 147 Å². The number of carboxylic acids is 1. The normalized spacial score (nSPS) is 19.1. The van der Waals surface area contributed by atoms with Gasteiger partial charge in [0, 0.05) is 17.5 Å². The topological polar surface area (TPSA) is 63.6 Å². The summed E-state index contributed by atoms with van der Waals surface area (Å²) in [7, 11) is 0. The van der Waals surface area contributed by atoms with E-state index < -0.39 is 23.8 Å². The molecular formula is C19H15F3O4. The van der Waals surface area contributed by atoms with Crippen LogP contribution in [0.3, 0.4) is 0 Å². The second kappa shape index (κ2) is 6.82. The number of hydrogen-bond donors (Lipinski definition) is 1. The summed E-state index contributed by atoms with van der Waals surface area (Å²) < 4.78 is 43.9. The van der Waals surface area contributed by atoms with Gasteiger partial charge in [-0.15, -0.1) is 0 Å². The number of carbonyl (C=O) groups is 2. The third-order valence-corrected chi connectivity index (χ3v) is 4.15. The first-order chi connectivity index (χ1) is 12.3. The van der Waals surface area contributed by atoms with Crippen molar-refractivity contribution in [3.63, 3.8) is 0 Å². The minimum absolute atomic E-state index is 0.106. The first kappa shape index (κ1) is 18.0. The molecule has 1 unspecified atom stereocenters. The van der Waals surface area contributed by atoms with E-state index in [1.165, 1.54) is 18.2 Å². The molecule has 1 N–H and O–H groups in total. The summed E-state index contributed by atoms with van der Waals surface area (Å²) in [5.74, 6) is -2.02.